The number of ether oxygens (including phenoxy) is 1. The van der Waals surface area contributed by atoms with Gasteiger partial charge in [0.05, 0.1) is 5.60 Å². The lowest BCUT2D eigenvalue weighted by Crippen LogP contribution is -2.32. The van der Waals surface area contributed by atoms with E-state index in [-0.39, 0.29) is 11.4 Å². The van der Waals surface area contributed by atoms with Gasteiger partial charge in [0.15, 0.2) is 11.5 Å². The van der Waals surface area contributed by atoms with Crippen molar-refractivity contribution in [1.29, 1.82) is 0 Å². The smallest absolute Gasteiger partial charge is 0.185 e. The molecule has 1 fully saturated rings. The number of nitrogens with zero attached hydrogens (tertiary/aromatic N) is 4. The first-order chi connectivity index (χ1) is 11.6. The van der Waals surface area contributed by atoms with Gasteiger partial charge < -0.3 is 10.1 Å². The highest BCUT2D eigenvalue weighted by Crippen LogP contribution is 2.25. The molecular formula is C17H18FN5O. The average molecular weight is 327 g/mol. The molecular weight excluding hydrogens is 309 g/mol. The summed E-state index contributed by atoms with van der Waals surface area (Å²) < 4.78 is 20.9. The lowest BCUT2D eigenvalue weighted by atomic mass is 10.0. The Morgan fingerprint density at radius 2 is 2.21 bits per heavy atom. The van der Waals surface area contributed by atoms with Crippen molar-refractivity contribution in [3.63, 3.8) is 0 Å². The number of nitrogens with one attached hydrogen (secondary N) is 1. The Morgan fingerprint density at radius 3 is 3.00 bits per heavy atom. The van der Waals surface area contributed by atoms with Gasteiger partial charge in [0.25, 0.3) is 0 Å². The second-order valence-corrected chi connectivity index (χ2v) is 6.28. The van der Waals surface area contributed by atoms with Crippen molar-refractivity contribution in [2.24, 2.45) is 0 Å². The van der Waals surface area contributed by atoms with Gasteiger partial charge in [0.2, 0.25) is 0 Å². The maximum absolute atomic E-state index is 13.5. The molecule has 0 saturated carbocycles. The van der Waals surface area contributed by atoms with E-state index in [1.165, 1.54) is 12.1 Å². The van der Waals surface area contributed by atoms with Gasteiger partial charge in [0.1, 0.15) is 11.6 Å². The molecule has 1 aliphatic rings. The fraction of sp³-hybridized carbons (Fsp3) is 0.353. The fourth-order valence-electron chi connectivity index (χ4n) is 2.94. The summed E-state index contributed by atoms with van der Waals surface area (Å²) in [6.07, 6.45) is 2.11. The standard InChI is InChI=1S/C17H18FN5O/c1-17(8-3-9-24-17)11-19-14-6-7-15-20-21-16(23(15)22-14)12-4-2-5-13(18)10-12/h2,4-7,10H,3,8-9,11H2,1H3,(H,19,22). The lowest BCUT2D eigenvalue weighted by Gasteiger charge is -2.23. The van der Waals surface area contributed by atoms with E-state index in [0.717, 1.165) is 19.4 Å². The molecule has 1 N–H and O–H groups in total. The van der Waals surface area contributed by atoms with E-state index in [1.54, 1.807) is 16.6 Å². The van der Waals surface area contributed by atoms with Crippen molar-refractivity contribution < 1.29 is 9.13 Å². The molecule has 0 spiro atoms. The van der Waals surface area contributed by atoms with Crippen molar-refractivity contribution in [2.75, 3.05) is 18.5 Å². The van der Waals surface area contributed by atoms with E-state index < -0.39 is 0 Å². The Hall–Kier alpha value is -2.54. The molecule has 24 heavy (non-hydrogen) atoms. The van der Waals surface area contributed by atoms with Gasteiger partial charge in [-0.25, -0.2) is 4.39 Å². The Labute approximate surface area is 138 Å². The molecule has 124 valence electrons. The summed E-state index contributed by atoms with van der Waals surface area (Å²) in [7, 11) is 0. The Bertz CT molecular complexity index is 872. The second kappa shape index (κ2) is 5.83. The van der Waals surface area contributed by atoms with Gasteiger partial charge in [-0.1, -0.05) is 12.1 Å². The Balaban J connectivity index is 1.63. The van der Waals surface area contributed by atoms with Crippen molar-refractivity contribution in [3.05, 3.63) is 42.2 Å². The highest BCUT2D eigenvalue weighted by Gasteiger charge is 2.29. The molecule has 4 rings (SSSR count). The average Bonchev–Trinajstić information content (AvgIpc) is 3.19. The molecule has 7 heteroatoms. The minimum Gasteiger partial charge on any atom is -0.373 e. The zero-order chi connectivity index (χ0) is 16.6. The molecule has 1 aliphatic heterocycles. The Morgan fingerprint density at radius 1 is 1.29 bits per heavy atom. The number of halogens is 1. The van der Waals surface area contributed by atoms with Crippen LogP contribution in [0.15, 0.2) is 36.4 Å². The molecule has 1 unspecified atom stereocenters. The van der Waals surface area contributed by atoms with Crippen LogP contribution in [0.2, 0.25) is 0 Å². The molecule has 1 saturated heterocycles. The van der Waals surface area contributed by atoms with Crippen molar-refractivity contribution >= 4 is 11.5 Å². The van der Waals surface area contributed by atoms with Crippen molar-refractivity contribution in [2.45, 2.75) is 25.4 Å². The van der Waals surface area contributed by atoms with Gasteiger partial charge in [-0.05, 0) is 44.0 Å². The van der Waals surface area contributed by atoms with Gasteiger partial charge in [-0.2, -0.15) is 4.52 Å². The van der Waals surface area contributed by atoms with Crippen LogP contribution in [0.25, 0.3) is 17.0 Å². The largest absolute Gasteiger partial charge is 0.373 e. The fourth-order valence-corrected chi connectivity index (χ4v) is 2.94. The number of benzene rings is 1. The number of hydrogen-bond donors (Lipinski definition) is 1. The first-order valence-corrected chi connectivity index (χ1v) is 7.99. The number of rotatable bonds is 4. The van der Waals surface area contributed by atoms with Crippen LogP contribution in [-0.4, -0.2) is 38.6 Å². The van der Waals surface area contributed by atoms with Crippen LogP contribution in [0.3, 0.4) is 0 Å². The molecule has 6 nitrogen and oxygen atoms in total. The third-order valence-corrected chi connectivity index (χ3v) is 4.29. The van der Waals surface area contributed by atoms with Crippen LogP contribution >= 0.6 is 0 Å². The summed E-state index contributed by atoms with van der Waals surface area (Å²) in [5.74, 6) is 0.901. The topological polar surface area (TPSA) is 64.3 Å². The summed E-state index contributed by atoms with van der Waals surface area (Å²) in [4.78, 5) is 0. The van der Waals surface area contributed by atoms with Crippen LogP contribution in [-0.2, 0) is 4.74 Å². The number of anilines is 1. The minimum absolute atomic E-state index is 0.158. The Kier molecular flexibility index (Phi) is 3.65. The highest BCUT2D eigenvalue weighted by molar-refractivity contribution is 5.59. The van der Waals surface area contributed by atoms with Gasteiger partial charge in [0, 0.05) is 18.7 Å². The first-order valence-electron chi connectivity index (χ1n) is 7.99. The van der Waals surface area contributed by atoms with E-state index in [1.807, 2.05) is 12.1 Å². The van der Waals surface area contributed by atoms with Crippen LogP contribution in [0.4, 0.5) is 10.2 Å². The van der Waals surface area contributed by atoms with Crippen LogP contribution in [0.1, 0.15) is 19.8 Å². The molecule has 1 aromatic carbocycles. The number of hydrogen-bond acceptors (Lipinski definition) is 5. The van der Waals surface area contributed by atoms with Crippen molar-refractivity contribution in [1.82, 2.24) is 19.8 Å². The van der Waals surface area contributed by atoms with Crippen LogP contribution in [0, 0.1) is 5.82 Å². The molecule has 0 radical (unpaired) electrons. The molecule has 3 heterocycles. The molecule has 0 aliphatic carbocycles. The third kappa shape index (κ3) is 2.82. The normalized spacial score (nSPS) is 20.6. The molecule has 2 aromatic heterocycles. The maximum Gasteiger partial charge on any atom is 0.185 e. The van der Waals surface area contributed by atoms with E-state index >= 15 is 0 Å². The van der Waals surface area contributed by atoms with E-state index in [2.05, 4.69) is 27.5 Å². The minimum atomic E-state index is -0.315. The molecule has 1 atom stereocenters. The first kappa shape index (κ1) is 15.0. The van der Waals surface area contributed by atoms with Gasteiger partial charge in [-0.3, -0.25) is 0 Å². The predicted octanol–water partition coefficient (Wildman–Crippen LogP) is 2.91. The maximum atomic E-state index is 13.5. The summed E-state index contributed by atoms with van der Waals surface area (Å²) >= 11 is 0. The van der Waals surface area contributed by atoms with E-state index in [9.17, 15) is 4.39 Å². The van der Waals surface area contributed by atoms with Crippen molar-refractivity contribution in [3.8, 4) is 11.4 Å². The molecule has 0 amide bonds. The second-order valence-electron chi connectivity index (χ2n) is 6.28. The number of aromatic nitrogens is 4. The third-order valence-electron chi connectivity index (χ3n) is 4.29. The summed E-state index contributed by atoms with van der Waals surface area (Å²) in [5.41, 5.74) is 1.09. The summed E-state index contributed by atoms with van der Waals surface area (Å²) in [6, 6.07) is 9.95. The number of fused-ring (bicyclic) bond motifs is 1. The van der Waals surface area contributed by atoms with Gasteiger partial charge in [-0.15, -0.1) is 15.3 Å². The lowest BCUT2D eigenvalue weighted by molar-refractivity contribution is 0.0314. The van der Waals surface area contributed by atoms with Crippen LogP contribution in [0.5, 0.6) is 0 Å². The quantitative estimate of drug-likeness (QED) is 0.798. The van der Waals surface area contributed by atoms with E-state index in [4.69, 9.17) is 4.74 Å². The molecule has 0 bridgehead atoms. The zero-order valence-corrected chi connectivity index (χ0v) is 13.4. The highest BCUT2D eigenvalue weighted by atomic mass is 19.1. The van der Waals surface area contributed by atoms with Gasteiger partial charge >= 0.3 is 0 Å². The SMILES string of the molecule is CC1(CNc2ccc3nnc(-c4cccc(F)c4)n3n2)CCCO1. The zero-order valence-electron chi connectivity index (χ0n) is 13.4. The monoisotopic (exact) mass is 327 g/mol. The van der Waals surface area contributed by atoms with Crippen LogP contribution < -0.4 is 5.32 Å². The predicted molar refractivity (Wildman–Crippen MR) is 88.3 cm³/mol. The summed E-state index contributed by atoms with van der Waals surface area (Å²) in [5, 5.41) is 16.1. The molecule has 3 aromatic rings. The van der Waals surface area contributed by atoms with E-state index in [0.29, 0.717) is 29.4 Å². The summed E-state index contributed by atoms with van der Waals surface area (Å²) in [6.45, 7) is 3.59.